The number of anilines is 1. The van der Waals surface area contributed by atoms with E-state index in [9.17, 15) is 9.59 Å². The second-order valence-electron chi connectivity index (χ2n) is 7.31. The molecule has 1 aliphatic carbocycles. The Hall–Kier alpha value is -2.99. The molecule has 0 saturated heterocycles. The number of halogens is 1. The number of carbonyl (C=O) groups excluding carboxylic acids is 2. The number of benzene rings is 1. The minimum atomic E-state index is -0.502. The maximum Gasteiger partial charge on any atom is 0.339 e. The van der Waals surface area contributed by atoms with Gasteiger partial charge in [-0.1, -0.05) is 42.6 Å². The Morgan fingerprint density at radius 2 is 1.83 bits per heavy atom. The second-order valence-corrected chi connectivity index (χ2v) is 7.67. The molecule has 1 aliphatic rings. The molecular formula is C23H22ClN3O3. The van der Waals surface area contributed by atoms with Gasteiger partial charge in [0, 0.05) is 17.3 Å². The molecule has 1 aromatic carbocycles. The molecule has 30 heavy (non-hydrogen) atoms. The quantitative estimate of drug-likeness (QED) is 0.484. The molecule has 1 amide bonds. The molecule has 0 spiro atoms. The van der Waals surface area contributed by atoms with E-state index in [-0.39, 0.29) is 5.15 Å². The number of nitrogens with one attached hydrogen (secondary N) is 1. The van der Waals surface area contributed by atoms with Gasteiger partial charge in [-0.2, -0.15) is 0 Å². The summed E-state index contributed by atoms with van der Waals surface area (Å²) in [5.74, 6) is -0.975. The topological polar surface area (TPSA) is 81.2 Å². The molecule has 2 heterocycles. The summed E-state index contributed by atoms with van der Waals surface area (Å²) in [6, 6.07) is 10.9. The predicted octanol–water partition coefficient (Wildman–Crippen LogP) is 4.74. The van der Waals surface area contributed by atoms with E-state index in [0.29, 0.717) is 11.3 Å². The molecule has 154 valence electrons. The van der Waals surface area contributed by atoms with E-state index in [2.05, 4.69) is 10.3 Å². The predicted molar refractivity (Wildman–Crippen MR) is 116 cm³/mol. The van der Waals surface area contributed by atoms with Gasteiger partial charge in [-0.05, 0) is 49.4 Å². The molecule has 0 saturated carbocycles. The first kappa shape index (κ1) is 20.3. The highest BCUT2D eigenvalue weighted by Crippen LogP contribution is 2.29. The normalized spacial score (nSPS) is 13.8. The summed E-state index contributed by atoms with van der Waals surface area (Å²) in [6.07, 6.45) is 7.53. The van der Waals surface area contributed by atoms with Crippen molar-refractivity contribution in [2.45, 2.75) is 38.5 Å². The van der Waals surface area contributed by atoms with Crippen LogP contribution in [0.15, 0.2) is 42.6 Å². The van der Waals surface area contributed by atoms with E-state index < -0.39 is 18.5 Å². The van der Waals surface area contributed by atoms with Crippen LogP contribution in [0.1, 0.15) is 47.3 Å². The number of hydrogen-bond donors (Lipinski definition) is 1. The number of nitrogens with zero attached hydrogens (tertiary/aromatic N) is 2. The zero-order valence-corrected chi connectivity index (χ0v) is 17.2. The first-order valence-electron chi connectivity index (χ1n) is 10.1. The number of fused-ring (bicyclic) bond motifs is 2. The fourth-order valence-electron chi connectivity index (χ4n) is 3.83. The van der Waals surface area contributed by atoms with Crippen LogP contribution in [-0.4, -0.2) is 28.5 Å². The fourth-order valence-corrected chi connectivity index (χ4v) is 3.99. The lowest BCUT2D eigenvalue weighted by atomic mass is 9.91. The molecule has 0 fully saturated rings. The van der Waals surface area contributed by atoms with Crippen molar-refractivity contribution < 1.29 is 14.3 Å². The third-order valence-corrected chi connectivity index (χ3v) is 5.54. The SMILES string of the molecule is O=C(COC(=O)c1c2c(nc3ccccc13)CCCCCC2)Nc1cccnc1Cl. The average molecular weight is 424 g/mol. The van der Waals surface area contributed by atoms with Gasteiger partial charge in [0.2, 0.25) is 0 Å². The lowest BCUT2D eigenvalue weighted by Gasteiger charge is -2.18. The van der Waals surface area contributed by atoms with Gasteiger partial charge in [-0.15, -0.1) is 0 Å². The average Bonchev–Trinajstić information content (AvgIpc) is 2.73. The van der Waals surface area contributed by atoms with Crippen LogP contribution < -0.4 is 5.32 Å². The molecule has 0 bridgehead atoms. The van der Waals surface area contributed by atoms with Crippen molar-refractivity contribution in [1.82, 2.24) is 9.97 Å². The summed E-state index contributed by atoms with van der Waals surface area (Å²) in [5.41, 5.74) is 3.60. The molecular weight excluding hydrogens is 402 g/mol. The summed E-state index contributed by atoms with van der Waals surface area (Å²) >= 11 is 5.96. The number of esters is 1. The van der Waals surface area contributed by atoms with Gasteiger partial charge in [-0.3, -0.25) is 9.78 Å². The Morgan fingerprint density at radius 3 is 2.67 bits per heavy atom. The first-order valence-corrected chi connectivity index (χ1v) is 10.5. The van der Waals surface area contributed by atoms with Gasteiger partial charge < -0.3 is 10.1 Å². The van der Waals surface area contributed by atoms with E-state index in [1.807, 2.05) is 24.3 Å². The molecule has 3 aromatic rings. The van der Waals surface area contributed by atoms with Crippen LogP contribution in [0.2, 0.25) is 5.15 Å². The minimum absolute atomic E-state index is 0.179. The van der Waals surface area contributed by atoms with Gasteiger partial charge in [0.15, 0.2) is 11.8 Å². The number of amides is 1. The highest BCUT2D eigenvalue weighted by molar-refractivity contribution is 6.32. The zero-order valence-electron chi connectivity index (χ0n) is 16.5. The van der Waals surface area contributed by atoms with Gasteiger partial charge in [-0.25, -0.2) is 9.78 Å². The van der Waals surface area contributed by atoms with Gasteiger partial charge >= 0.3 is 5.97 Å². The zero-order chi connectivity index (χ0) is 20.9. The highest BCUT2D eigenvalue weighted by atomic mass is 35.5. The molecule has 7 heteroatoms. The van der Waals surface area contributed by atoms with Crippen LogP contribution in [-0.2, 0) is 22.4 Å². The number of rotatable bonds is 4. The van der Waals surface area contributed by atoms with Crippen LogP contribution in [0.3, 0.4) is 0 Å². The van der Waals surface area contributed by atoms with Crippen molar-refractivity contribution in [3.63, 3.8) is 0 Å². The summed E-state index contributed by atoms with van der Waals surface area (Å²) in [6.45, 7) is -0.407. The van der Waals surface area contributed by atoms with E-state index in [1.54, 1.807) is 12.1 Å². The van der Waals surface area contributed by atoms with Crippen LogP contribution >= 0.6 is 11.6 Å². The molecule has 0 unspecified atom stereocenters. The number of hydrogen-bond acceptors (Lipinski definition) is 5. The highest BCUT2D eigenvalue weighted by Gasteiger charge is 2.23. The maximum atomic E-state index is 13.1. The minimum Gasteiger partial charge on any atom is -0.452 e. The third kappa shape index (κ3) is 4.44. The Balaban J connectivity index is 1.58. The van der Waals surface area contributed by atoms with E-state index >= 15 is 0 Å². The molecule has 0 radical (unpaired) electrons. The summed E-state index contributed by atoms with van der Waals surface area (Å²) < 4.78 is 5.41. The monoisotopic (exact) mass is 423 g/mol. The van der Waals surface area contributed by atoms with Crippen LogP contribution in [0.5, 0.6) is 0 Å². The lowest BCUT2D eigenvalue weighted by Crippen LogP contribution is -2.22. The van der Waals surface area contributed by atoms with Crippen molar-refractivity contribution in [3.8, 4) is 0 Å². The van der Waals surface area contributed by atoms with E-state index in [4.69, 9.17) is 21.3 Å². The largest absolute Gasteiger partial charge is 0.452 e. The third-order valence-electron chi connectivity index (χ3n) is 5.24. The maximum absolute atomic E-state index is 13.1. The van der Waals surface area contributed by atoms with Gasteiger partial charge in [0.05, 0.1) is 16.8 Å². The molecule has 0 aliphatic heterocycles. The molecule has 4 rings (SSSR count). The number of ether oxygens (including phenoxy) is 1. The van der Waals surface area contributed by atoms with Crippen LogP contribution in [0, 0.1) is 0 Å². The number of aryl methyl sites for hydroxylation is 1. The molecule has 2 aromatic heterocycles. The summed E-state index contributed by atoms with van der Waals surface area (Å²) in [4.78, 5) is 34.1. The van der Waals surface area contributed by atoms with E-state index in [1.165, 1.54) is 12.6 Å². The fraction of sp³-hybridized carbons (Fsp3) is 0.304. The Morgan fingerprint density at radius 1 is 1.03 bits per heavy atom. The number of para-hydroxylation sites is 1. The van der Waals surface area contributed by atoms with Crippen molar-refractivity contribution in [3.05, 3.63) is 64.6 Å². The first-order chi connectivity index (χ1) is 14.6. The van der Waals surface area contributed by atoms with Crippen molar-refractivity contribution in [2.75, 3.05) is 11.9 Å². The smallest absolute Gasteiger partial charge is 0.339 e. The second kappa shape index (κ2) is 9.22. The molecule has 6 nitrogen and oxygen atoms in total. The summed E-state index contributed by atoms with van der Waals surface area (Å²) in [7, 11) is 0. The van der Waals surface area contributed by atoms with Crippen molar-refractivity contribution in [2.24, 2.45) is 0 Å². The van der Waals surface area contributed by atoms with Crippen molar-refractivity contribution >= 4 is 40.1 Å². The van der Waals surface area contributed by atoms with E-state index in [0.717, 1.165) is 54.3 Å². The standard InChI is InChI=1S/C23H22ClN3O3/c24-22-19(12-7-13-25-22)27-20(28)14-30-23(29)21-15-8-3-1-2-4-10-17(15)26-18-11-6-5-9-16(18)21/h5-7,9,11-13H,1-4,8,10,14H2,(H,27,28). The Labute approximate surface area is 179 Å². The Kier molecular flexibility index (Phi) is 6.23. The van der Waals surface area contributed by atoms with Crippen molar-refractivity contribution in [1.29, 1.82) is 0 Å². The number of pyridine rings is 2. The van der Waals surface area contributed by atoms with Crippen LogP contribution in [0.4, 0.5) is 5.69 Å². The molecule has 1 N–H and O–H groups in total. The summed E-state index contributed by atoms with van der Waals surface area (Å²) in [5, 5.41) is 3.55. The van der Waals surface area contributed by atoms with Gasteiger partial charge in [0.1, 0.15) is 0 Å². The van der Waals surface area contributed by atoms with Crippen LogP contribution in [0.25, 0.3) is 10.9 Å². The molecule has 0 atom stereocenters. The Bertz CT molecular complexity index is 1100. The lowest BCUT2D eigenvalue weighted by molar-refractivity contribution is -0.119. The van der Waals surface area contributed by atoms with Gasteiger partial charge in [0.25, 0.3) is 5.91 Å². The number of aromatic nitrogens is 2. The number of carbonyl (C=O) groups is 2.